The summed E-state index contributed by atoms with van der Waals surface area (Å²) in [7, 11) is 3.48. The topological polar surface area (TPSA) is 88.6 Å². The summed E-state index contributed by atoms with van der Waals surface area (Å²) >= 11 is 0. The van der Waals surface area contributed by atoms with Crippen molar-refractivity contribution in [3.63, 3.8) is 0 Å². The average Bonchev–Trinajstić information content (AvgIpc) is 3.51. The van der Waals surface area contributed by atoms with Gasteiger partial charge in [0.15, 0.2) is 0 Å². The first kappa shape index (κ1) is 25.4. The summed E-state index contributed by atoms with van der Waals surface area (Å²) in [6.45, 7) is 0.939. The smallest absolute Gasteiger partial charge is 0.252 e. The molecule has 3 aromatic rings. The maximum Gasteiger partial charge on any atom is 0.252 e. The van der Waals surface area contributed by atoms with E-state index in [0.717, 1.165) is 47.0 Å². The number of fused-ring (bicyclic) bond motifs is 5. The van der Waals surface area contributed by atoms with Crippen LogP contribution in [0.2, 0.25) is 0 Å². The predicted molar refractivity (Wildman–Crippen MR) is 153 cm³/mol. The summed E-state index contributed by atoms with van der Waals surface area (Å²) < 4.78 is 2.22. The molecule has 0 spiro atoms. The van der Waals surface area contributed by atoms with Gasteiger partial charge in [-0.15, -0.1) is 0 Å². The third-order valence-corrected chi connectivity index (χ3v) is 8.79. The van der Waals surface area contributed by atoms with Crippen LogP contribution in [-0.4, -0.2) is 58.8 Å². The van der Waals surface area contributed by atoms with E-state index in [1.54, 1.807) is 23.9 Å². The third-order valence-electron chi connectivity index (χ3n) is 8.79. The Morgan fingerprint density at radius 1 is 0.949 bits per heavy atom. The van der Waals surface area contributed by atoms with E-state index < -0.39 is 11.9 Å². The number of likely N-dealkylation sites (N-methyl/N-ethyl adjacent to an activating group) is 1. The number of hydrogen-bond donors (Lipinski definition) is 1. The van der Waals surface area contributed by atoms with Crippen molar-refractivity contribution in [1.82, 2.24) is 14.4 Å². The molecule has 0 unspecified atom stereocenters. The minimum absolute atomic E-state index is 0.0340. The summed E-state index contributed by atoms with van der Waals surface area (Å²) in [5.74, 6) is -0.173. The SMILES string of the molecule is CN(C)C(=O)[C@@H]1CCCN1C(=O)C1=Cc2ccccc2-c2c(C3CCCCC3)c3ccc(C(N)=O)cc3n2C1. The number of carbonyl (C=O) groups is 3. The molecule has 6 rings (SSSR count). The van der Waals surface area contributed by atoms with Crippen molar-refractivity contribution in [2.45, 2.75) is 63.5 Å². The van der Waals surface area contributed by atoms with E-state index in [2.05, 4.69) is 16.7 Å². The van der Waals surface area contributed by atoms with Crippen LogP contribution in [0.4, 0.5) is 0 Å². The third kappa shape index (κ3) is 4.34. The first-order valence-electron chi connectivity index (χ1n) is 14.1. The molecule has 3 heterocycles. The minimum Gasteiger partial charge on any atom is -0.366 e. The van der Waals surface area contributed by atoms with Crippen LogP contribution in [0.1, 0.15) is 72.3 Å². The number of rotatable bonds is 4. The zero-order valence-corrected chi connectivity index (χ0v) is 22.8. The number of aromatic nitrogens is 1. The molecular weight excluding hydrogens is 488 g/mol. The van der Waals surface area contributed by atoms with Crippen molar-refractivity contribution in [3.8, 4) is 11.3 Å². The molecule has 1 aliphatic carbocycles. The Hall–Kier alpha value is -3.87. The molecule has 7 heteroatoms. The molecule has 1 atom stereocenters. The van der Waals surface area contributed by atoms with Gasteiger partial charge in [0.1, 0.15) is 6.04 Å². The van der Waals surface area contributed by atoms with Gasteiger partial charge in [0.05, 0.1) is 12.2 Å². The summed E-state index contributed by atoms with van der Waals surface area (Å²) in [4.78, 5) is 42.6. The Morgan fingerprint density at radius 3 is 2.46 bits per heavy atom. The molecule has 0 bridgehead atoms. The Morgan fingerprint density at radius 2 is 1.72 bits per heavy atom. The Balaban J connectivity index is 1.54. The fourth-order valence-electron chi connectivity index (χ4n) is 6.91. The summed E-state index contributed by atoms with van der Waals surface area (Å²) in [5.41, 5.74) is 12.3. The molecular formula is C32H36N4O3. The molecule has 3 aliphatic rings. The zero-order chi connectivity index (χ0) is 27.3. The second kappa shape index (κ2) is 10.0. The second-order valence-electron chi connectivity index (χ2n) is 11.4. The number of carbonyl (C=O) groups excluding carboxylic acids is 3. The molecule has 3 amide bonds. The molecule has 0 radical (unpaired) electrons. The number of likely N-dealkylation sites (tertiary alicyclic amines) is 1. The first-order valence-corrected chi connectivity index (χ1v) is 14.1. The van der Waals surface area contributed by atoms with Crippen molar-refractivity contribution in [2.75, 3.05) is 20.6 Å². The van der Waals surface area contributed by atoms with Gasteiger partial charge in [-0.2, -0.15) is 0 Å². The minimum atomic E-state index is -0.463. The zero-order valence-electron chi connectivity index (χ0n) is 22.8. The Kier molecular flexibility index (Phi) is 6.53. The van der Waals surface area contributed by atoms with Crippen LogP contribution in [0.15, 0.2) is 48.0 Å². The quantitative estimate of drug-likeness (QED) is 0.525. The lowest BCUT2D eigenvalue weighted by molar-refractivity contribution is -0.140. The molecule has 39 heavy (non-hydrogen) atoms. The van der Waals surface area contributed by atoms with E-state index in [4.69, 9.17) is 5.73 Å². The van der Waals surface area contributed by atoms with Crippen LogP contribution >= 0.6 is 0 Å². The van der Waals surface area contributed by atoms with E-state index in [9.17, 15) is 14.4 Å². The summed E-state index contributed by atoms with van der Waals surface area (Å²) in [5, 5.41) is 1.13. The van der Waals surface area contributed by atoms with Gasteiger partial charge in [-0.25, -0.2) is 0 Å². The highest BCUT2D eigenvalue weighted by Gasteiger charge is 2.37. The molecule has 2 aromatic carbocycles. The van der Waals surface area contributed by atoms with Crippen LogP contribution in [0.25, 0.3) is 28.2 Å². The van der Waals surface area contributed by atoms with Crippen LogP contribution in [0.3, 0.4) is 0 Å². The first-order chi connectivity index (χ1) is 18.8. The van der Waals surface area contributed by atoms with Crippen molar-refractivity contribution in [1.29, 1.82) is 0 Å². The lowest BCUT2D eigenvalue weighted by atomic mass is 9.81. The molecule has 1 saturated heterocycles. The average molecular weight is 525 g/mol. The number of nitrogens with zero attached hydrogens (tertiary/aromatic N) is 3. The number of benzene rings is 2. The molecule has 2 fully saturated rings. The summed E-state index contributed by atoms with van der Waals surface area (Å²) in [6, 6.07) is 13.6. The number of hydrogen-bond acceptors (Lipinski definition) is 3. The molecule has 202 valence electrons. The van der Waals surface area contributed by atoms with Crippen LogP contribution in [0, 0.1) is 0 Å². The van der Waals surface area contributed by atoms with Crippen molar-refractivity contribution < 1.29 is 14.4 Å². The van der Waals surface area contributed by atoms with Gasteiger partial charge in [0.2, 0.25) is 11.8 Å². The molecule has 1 aromatic heterocycles. The van der Waals surface area contributed by atoms with Gasteiger partial charge in [0, 0.05) is 48.2 Å². The maximum atomic E-state index is 14.1. The van der Waals surface area contributed by atoms with Crippen LogP contribution in [0.5, 0.6) is 0 Å². The monoisotopic (exact) mass is 524 g/mol. The fourth-order valence-corrected chi connectivity index (χ4v) is 6.91. The highest BCUT2D eigenvalue weighted by Crippen LogP contribution is 2.46. The molecule has 2 aliphatic heterocycles. The normalized spacial score (nSPS) is 19.3. The van der Waals surface area contributed by atoms with Crippen molar-refractivity contribution in [2.24, 2.45) is 5.73 Å². The van der Waals surface area contributed by atoms with E-state index in [1.807, 2.05) is 36.4 Å². The van der Waals surface area contributed by atoms with Gasteiger partial charge >= 0.3 is 0 Å². The second-order valence-corrected chi connectivity index (χ2v) is 11.4. The van der Waals surface area contributed by atoms with Crippen molar-refractivity contribution in [3.05, 3.63) is 64.7 Å². The largest absolute Gasteiger partial charge is 0.366 e. The highest BCUT2D eigenvalue weighted by atomic mass is 16.2. The predicted octanol–water partition coefficient (Wildman–Crippen LogP) is 4.93. The van der Waals surface area contributed by atoms with E-state index >= 15 is 0 Å². The fraction of sp³-hybridized carbons (Fsp3) is 0.406. The van der Waals surface area contributed by atoms with E-state index in [0.29, 0.717) is 36.6 Å². The van der Waals surface area contributed by atoms with Gasteiger partial charge in [0.25, 0.3) is 5.91 Å². The van der Waals surface area contributed by atoms with E-state index in [-0.39, 0.29) is 11.8 Å². The summed E-state index contributed by atoms with van der Waals surface area (Å²) in [6.07, 6.45) is 9.43. The number of nitrogens with two attached hydrogens (primary N) is 1. The maximum absolute atomic E-state index is 14.1. The van der Waals surface area contributed by atoms with Gasteiger partial charge < -0.3 is 20.1 Å². The lowest BCUT2D eigenvalue weighted by Crippen LogP contribution is -2.46. The Bertz CT molecular complexity index is 1510. The highest BCUT2D eigenvalue weighted by molar-refractivity contribution is 6.05. The van der Waals surface area contributed by atoms with Gasteiger partial charge in [-0.1, -0.05) is 49.6 Å². The lowest BCUT2D eigenvalue weighted by Gasteiger charge is -2.27. The number of primary amides is 1. The Labute approximate surface area is 229 Å². The molecule has 1 saturated carbocycles. The van der Waals surface area contributed by atoms with Gasteiger partial charge in [-0.05, 0) is 60.9 Å². The van der Waals surface area contributed by atoms with E-state index in [1.165, 1.54) is 24.8 Å². The van der Waals surface area contributed by atoms with Crippen LogP contribution < -0.4 is 5.73 Å². The van der Waals surface area contributed by atoms with Crippen LogP contribution in [-0.2, 0) is 16.1 Å². The standard InChI is InChI=1S/C32H36N4O3/c1-34(2)32(39)26-13-8-16-35(26)31(38)23-17-21-11-6-7-12-24(21)29-28(20-9-4-3-5-10-20)25-15-14-22(30(33)37)18-27(25)36(29)19-23/h6-7,11-12,14-15,17-18,20,26H,3-5,8-10,13,16,19H2,1-2H3,(H2,33,37)/t26-/m0/s1. The number of amides is 3. The van der Waals surface area contributed by atoms with Gasteiger partial charge in [-0.3, -0.25) is 14.4 Å². The van der Waals surface area contributed by atoms with Crippen molar-refractivity contribution >= 4 is 34.7 Å². The molecule has 2 N–H and O–H groups in total. The molecule has 7 nitrogen and oxygen atoms in total.